The summed E-state index contributed by atoms with van der Waals surface area (Å²) in [6.07, 6.45) is 1.46. The van der Waals surface area contributed by atoms with Crippen molar-refractivity contribution in [3.05, 3.63) is 40.2 Å². The minimum absolute atomic E-state index is 0.179. The number of nitrogens with zero attached hydrogens (tertiary/aromatic N) is 1. The first-order chi connectivity index (χ1) is 7.19. The Morgan fingerprint density at radius 3 is 2.40 bits per heavy atom. The maximum atomic E-state index is 8.82. The van der Waals surface area contributed by atoms with Gasteiger partial charge in [-0.05, 0) is 18.2 Å². The average molecular weight is 244 g/mol. The number of aliphatic hydroxyl groups is 1. The van der Waals surface area contributed by atoms with Crippen LogP contribution in [-0.2, 0) is 6.61 Å². The lowest BCUT2D eigenvalue weighted by Gasteiger charge is -1.98. The van der Waals surface area contributed by atoms with Gasteiger partial charge in [0.25, 0.3) is 0 Å². The Morgan fingerprint density at radius 2 is 1.87 bits per heavy atom. The Hall–Kier alpha value is -1.03. The van der Waals surface area contributed by atoms with Crippen molar-refractivity contribution in [3.63, 3.8) is 0 Å². The number of halogens is 2. The van der Waals surface area contributed by atoms with Crippen molar-refractivity contribution >= 4 is 23.2 Å². The van der Waals surface area contributed by atoms with Crippen LogP contribution in [0, 0.1) is 0 Å². The summed E-state index contributed by atoms with van der Waals surface area (Å²) in [5, 5.41) is 9.85. The maximum Gasteiger partial charge on any atom is 0.226 e. The minimum Gasteiger partial charge on any atom is -0.439 e. The van der Waals surface area contributed by atoms with Crippen molar-refractivity contribution in [2.24, 2.45) is 0 Å². The minimum atomic E-state index is -0.179. The van der Waals surface area contributed by atoms with E-state index >= 15 is 0 Å². The number of rotatable bonds is 2. The first kappa shape index (κ1) is 10.5. The van der Waals surface area contributed by atoms with Gasteiger partial charge in [-0.2, -0.15) is 0 Å². The van der Waals surface area contributed by atoms with Gasteiger partial charge in [-0.3, -0.25) is 0 Å². The Morgan fingerprint density at radius 1 is 1.20 bits per heavy atom. The fourth-order valence-electron chi connectivity index (χ4n) is 1.19. The lowest BCUT2D eigenvalue weighted by atomic mass is 10.2. The number of oxazole rings is 1. The Balaban J connectivity index is 2.44. The van der Waals surface area contributed by atoms with Gasteiger partial charge >= 0.3 is 0 Å². The van der Waals surface area contributed by atoms with Crippen LogP contribution in [0.2, 0.25) is 10.0 Å². The summed E-state index contributed by atoms with van der Waals surface area (Å²) in [6, 6.07) is 5.02. The highest BCUT2D eigenvalue weighted by Gasteiger charge is 2.07. The van der Waals surface area contributed by atoms with Crippen LogP contribution in [0.15, 0.2) is 28.8 Å². The Bertz CT molecular complexity index is 462. The third-order valence-electron chi connectivity index (χ3n) is 1.82. The number of aliphatic hydroxyl groups excluding tert-OH is 1. The van der Waals surface area contributed by atoms with E-state index in [1.54, 1.807) is 18.2 Å². The molecule has 15 heavy (non-hydrogen) atoms. The molecule has 0 aliphatic rings. The smallest absolute Gasteiger partial charge is 0.226 e. The lowest BCUT2D eigenvalue weighted by molar-refractivity contribution is 0.248. The van der Waals surface area contributed by atoms with Gasteiger partial charge in [-0.15, -0.1) is 0 Å². The molecule has 0 bridgehead atoms. The Kier molecular flexibility index (Phi) is 2.95. The summed E-state index contributed by atoms with van der Waals surface area (Å²) in [5.41, 5.74) is 0.687. The summed E-state index contributed by atoms with van der Waals surface area (Å²) in [7, 11) is 0. The highest BCUT2D eigenvalue weighted by molar-refractivity contribution is 6.35. The van der Waals surface area contributed by atoms with Gasteiger partial charge in [-0.1, -0.05) is 23.2 Å². The van der Waals surface area contributed by atoms with Gasteiger partial charge in [-0.25, -0.2) is 4.98 Å². The second-order valence-electron chi connectivity index (χ2n) is 2.95. The zero-order valence-electron chi connectivity index (χ0n) is 7.58. The van der Waals surface area contributed by atoms with Crippen molar-refractivity contribution < 1.29 is 9.52 Å². The molecule has 1 N–H and O–H groups in total. The van der Waals surface area contributed by atoms with E-state index in [1.165, 1.54) is 6.20 Å². The number of hydrogen-bond acceptors (Lipinski definition) is 3. The molecule has 0 amide bonds. The number of aromatic nitrogens is 1. The summed E-state index contributed by atoms with van der Waals surface area (Å²) in [5.74, 6) is 0.796. The second kappa shape index (κ2) is 4.23. The zero-order valence-corrected chi connectivity index (χ0v) is 9.09. The molecule has 1 aromatic heterocycles. The van der Waals surface area contributed by atoms with Gasteiger partial charge in [0.05, 0.1) is 6.20 Å². The van der Waals surface area contributed by atoms with Gasteiger partial charge in [0.2, 0.25) is 5.89 Å². The first-order valence-corrected chi connectivity index (χ1v) is 4.96. The topological polar surface area (TPSA) is 46.3 Å². The molecule has 0 saturated carbocycles. The molecular weight excluding hydrogens is 237 g/mol. The van der Waals surface area contributed by atoms with E-state index in [-0.39, 0.29) is 6.61 Å². The zero-order chi connectivity index (χ0) is 10.8. The molecule has 0 atom stereocenters. The van der Waals surface area contributed by atoms with Gasteiger partial charge in [0.15, 0.2) is 0 Å². The molecule has 3 nitrogen and oxygen atoms in total. The first-order valence-electron chi connectivity index (χ1n) is 4.21. The molecule has 5 heteroatoms. The van der Waals surface area contributed by atoms with E-state index < -0.39 is 0 Å². The normalized spacial score (nSPS) is 10.6. The summed E-state index contributed by atoms with van der Waals surface area (Å²) in [4.78, 5) is 4.00. The van der Waals surface area contributed by atoms with Crippen LogP contribution in [0.4, 0.5) is 0 Å². The van der Waals surface area contributed by atoms with Gasteiger partial charge in [0.1, 0.15) is 12.4 Å². The molecule has 0 radical (unpaired) electrons. The van der Waals surface area contributed by atoms with E-state index in [0.717, 1.165) is 0 Å². The molecule has 1 heterocycles. The predicted octanol–water partition coefficient (Wildman–Crippen LogP) is 3.14. The van der Waals surface area contributed by atoms with E-state index in [2.05, 4.69) is 4.98 Å². The lowest BCUT2D eigenvalue weighted by Crippen LogP contribution is -1.78. The molecule has 0 aliphatic heterocycles. The van der Waals surface area contributed by atoms with E-state index in [9.17, 15) is 0 Å². The largest absolute Gasteiger partial charge is 0.439 e. The van der Waals surface area contributed by atoms with Crippen LogP contribution in [0.3, 0.4) is 0 Å². The van der Waals surface area contributed by atoms with Crippen LogP contribution in [0.1, 0.15) is 5.76 Å². The van der Waals surface area contributed by atoms with E-state index in [1.807, 2.05) is 0 Å². The monoisotopic (exact) mass is 243 g/mol. The molecular formula is C10H7Cl2NO2. The fourth-order valence-corrected chi connectivity index (χ4v) is 1.72. The standard InChI is InChI=1S/C10H7Cl2NO2/c11-7-1-6(2-8(12)3-7)10-13-4-9(5-14)15-10/h1-4,14H,5H2. The van der Waals surface area contributed by atoms with Gasteiger partial charge in [0, 0.05) is 15.6 Å². The number of benzene rings is 1. The molecule has 0 aliphatic carbocycles. The van der Waals surface area contributed by atoms with Crippen LogP contribution in [-0.4, -0.2) is 10.1 Å². The van der Waals surface area contributed by atoms with E-state index in [4.69, 9.17) is 32.7 Å². The third-order valence-corrected chi connectivity index (χ3v) is 2.26. The van der Waals surface area contributed by atoms with Crippen molar-refractivity contribution in [1.82, 2.24) is 4.98 Å². The Labute approximate surface area is 96.3 Å². The predicted molar refractivity (Wildman–Crippen MR) is 57.9 cm³/mol. The molecule has 1 aromatic carbocycles. The van der Waals surface area contributed by atoms with Crippen LogP contribution in [0.5, 0.6) is 0 Å². The molecule has 0 unspecified atom stereocenters. The molecule has 0 spiro atoms. The maximum absolute atomic E-state index is 8.82. The van der Waals surface area contributed by atoms with Crippen molar-refractivity contribution in [2.75, 3.05) is 0 Å². The highest BCUT2D eigenvalue weighted by atomic mass is 35.5. The number of hydrogen-bond donors (Lipinski definition) is 1. The van der Waals surface area contributed by atoms with Crippen LogP contribution >= 0.6 is 23.2 Å². The molecule has 0 saturated heterocycles. The molecule has 0 fully saturated rings. The molecule has 2 aromatic rings. The average Bonchev–Trinajstić information content (AvgIpc) is 2.64. The van der Waals surface area contributed by atoms with Crippen molar-refractivity contribution in [2.45, 2.75) is 6.61 Å². The van der Waals surface area contributed by atoms with Crippen LogP contribution in [0.25, 0.3) is 11.5 Å². The highest BCUT2D eigenvalue weighted by Crippen LogP contribution is 2.26. The molecule has 2 rings (SSSR count). The summed E-state index contributed by atoms with van der Waals surface area (Å²) >= 11 is 11.7. The second-order valence-corrected chi connectivity index (χ2v) is 3.82. The van der Waals surface area contributed by atoms with E-state index in [0.29, 0.717) is 27.3 Å². The van der Waals surface area contributed by atoms with Crippen molar-refractivity contribution in [1.29, 1.82) is 0 Å². The SMILES string of the molecule is OCc1cnc(-c2cc(Cl)cc(Cl)c2)o1. The van der Waals surface area contributed by atoms with Gasteiger partial charge < -0.3 is 9.52 Å². The summed E-state index contributed by atoms with van der Waals surface area (Å²) < 4.78 is 5.25. The fraction of sp³-hybridized carbons (Fsp3) is 0.100. The quantitative estimate of drug-likeness (QED) is 0.882. The third kappa shape index (κ3) is 2.31. The molecule has 78 valence electrons. The van der Waals surface area contributed by atoms with Crippen LogP contribution < -0.4 is 0 Å². The summed E-state index contributed by atoms with van der Waals surface area (Å²) in [6.45, 7) is -0.179. The van der Waals surface area contributed by atoms with Crippen molar-refractivity contribution in [3.8, 4) is 11.5 Å².